The van der Waals surface area contributed by atoms with E-state index in [0.717, 1.165) is 12.0 Å². The van der Waals surface area contributed by atoms with E-state index in [1.165, 1.54) is 7.11 Å². The molecular weight excluding hydrogens is 372 g/mol. The van der Waals surface area contributed by atoms with Crippen LogP contribution in [0.15, 0.2) is 47.3 Å². The molecular formula is C22H24N2O5. The molecule has 1 amide bonds. The minimum atomic E-state index is -0.491. The summed E-state index contributed by atoms with van der Waals surface area (Å²) in [6, 6.07) is 11.8. The van der Waals surface area contributed by atoms with Gasteiger partial charge in [-0.2, -0.15) is 0 Å². The first-order valence-corrected chi connectivity index (χ1v) is 9.46. The molecule has 0 radical (unpaired) electrons. The second-order valence-corrected chi connectivity index (χ2v) is 6.59. The normalized spacial score (nSPS) is 10.7. The van der Waals surface area contributed by atoms with E-state index >= 15 is 0 Å². The summed E-state index contributed by atoms with van der Waals surface area (Å²) in [5.74, 6) is 0.731. The molecule has 3 rings (SSSR count). The van der Waals surface area contributed by atoms with Gasteiger partial charge in [0, 0.05) is 11.9 Å². The number of methoxy groups -OCH3 is 1. The van der Waals surface area contributed by atoms with Crippen molar-refractivity contribution in [2.45, 2.75) is 19.8 Å². The van der Waals surface area contributed by atoms with Gasteiger partial charge in [-0.3, -0.25) is 9.59 Å². The maximum absolute atomic E-state index is 12.5. The van der Waals surface area contributed by atoms with Crippen molar-refractivity contribution in [3.63, 3.8) is 0 Å². The SMILES string of the molecule is CCCOc1c(OC)ccc2cc(C(=O)NCCc3ccc(O)cc3)c(=O)[nH]c12. The van der Waals surface area contributed by atoms with Gasteiger partial charge in [0.15, 0.2) is 11.5 Å². The molecule has 7 nitrogen and oxygen atoms in total. The van der Waals surface area contributed by atoms with E-state index in [2.05, 4.69) is 10.3 Å². The van der Waals surface area contributed by atoms with Crippen molar-refractivity contribution in [3.8, 4) is 17.2 Å². The van der Waals surface area contributed by atoms with Crippen LogP contribution in [-0.2, 0) is 6.42 Å². The van der Waals surface area contributed by atoms with Crippen LogP contribution in [-0.4, -0.2) is 36.3 Å². The van der Waals surface area contributed by atoms with Gasteiger partial charge in [0.05, 0.1) is 19.2 Å². The average molecular weight is 396 g/mol. The standard InChI is InChI=1S/C22H24N2O5/c1-3-12-29-20-18(28-2)9-6-15-13-17(22(27)24-19(15)20)21(26)23-11-10-14-4-7-16(25)8-5-14/h4-9,13,25H,3,10-12H2,1-2H3,(H,23,26)(H,24,27). The molecule has 0 aliphatic carbocycles. The number of aromatic nitrogens is 1. The summed E-state index contributed by atoms with van der Waals surface area (Å²) in [6.45, 7) is 2.84. The van der Waals surface area contributed by atoms with E-state index in [4.69, 9.17) is 9.47 Å². The number of benzene rings is 2. The first-order valence-electron chi connectivity index (χ1n) is 9.46. The van der Waals surface area contributed by atoms with Gasteiger partial charge in [0.25, 0.3) is 11.5 Å². The van der Waals surface area contributed by atoms with Crippen LogP contribution in [0.5, 0.6) is 17.2 Å². The summed E-state index contributed by atoms with van der Waals surface area (Å²) in [4.78, 5) is 27.8. The number of aromatic hydroxyl groups is 1. The summed E-state index contributed by atoms with van der Waals surface area (Å²) < 4.78 is 11.1. The quantitative estimate of drug-likeness (QED) is 0.543. The number of phenolic OH excluding ortho intramolecular Hbond substituents is 1. The number of hydrogen-bond acceptors (Lipinski definition) is 5. The zero-order valence-electron chi connectivity index (χ0n) is 16.5. The summed E-state index contributed by atoms with van der Waals surface area (Å²) in [7, 11) is 1.54. The number of H-pyrrole nitrogens is 1. The lowest BCUT2D eigenvalue weighted by Gasteiger charge is -2.13. The van der Waals surface area contributed by atoms with E-state index in [1.807, 2.05) is 6.92 Å². The van der Waals surface area contributed by atoms with Crippen LogP contribution in [0, 0.1) is 0 Å². The zero-order valence-corrected chi connectivity index (χ0v) is 16.5. The lowest BCUT2D eigenvalue weighted by molar-refractivity contribution is 0.0953. The highest BCUT2D eigenvalue weighted by Crippen LogP contribution is 2.34. The number of carbonyl (C=O) groups excluding carboxylic acids is 1. The van der Waals surface area contributed by atoms with E-state index < -0.39 is 11.5 Å². The molecule has 0 aliphatic rings. The van der Waals surface area contributed by atoms with Crippen LogP contribution in [0.25, 0.3) is 10.9 Å². The third-order valence-corrected chi connectivity index (χ3v) is 4.49. The van der Waals surface area contributed by atoms with Gasteiger partial charge in [-0.15, -0.1) is 0 Å². The molecule has 3 N–H and O–H groups in total. The minimum Gasteiger partial charge on any atom is -0.508 e. The number of hydrogen-bond donors (Lipinski definition) is 3. The van der Waals surface area contributed by atoms with Crippen molar-refractivity contribution in [3.05, 3.63) is 63.9 Å². The number of rotatable bonds is 8. The largest absolute Gasteiger partial charge is 0.508 e. The van der Waals surface area contributed by atoms with Crippen LogP contribution < -0.4 is 20.3 Å². The molecule has 7 heteroatoms. The fraction of sp³-hybridized carbons (Fsp3) is 0.273. The Kier molecular flexibility index (Phi) is 6.39. The van der Waals surface area contributed by atoms with E-state index in [0.29, 0.717) is 42.0 Å². The Morgan fingerprint density at radius 1 is 1.17 bits per heavy atom. The molecule has 29 heavy (non-hydrogen) atoms. The molecule has 0 saturated heterocycles. The molecule has 0 saturated carbocycles. The predicted octanol–water partition coefficient (Wildman–Crippen LogP) is 3.00. The predicted molar refractivity (Wildman–Crippen MR) is 111 cm³/mol. The highest BCUT2D eigenvalue weighted by molar-refractivity contribution is 5.98. The fourth-order valence-electron chi connectivity index (χ4n) is 2.98. The van der Waals surface area contributed by atoms with Gasteiger partial charge >= 0.3 is 0 Å². The highest BCUT2D eigenvalue weighted by atomic mass is 16.5. The number of nitrogens with one attached hydrogen (secondary N) is 2. The highest BCUT2D eigenvalue weighted by Gasteiger charge is 2.16. The topological polar surface area (TPSA) is 101 Å². The van der Waals surface area contributed by atoms with E-state index in [1.54, 1.807) is 42.5 Å². The van der Waals surface area contributed by atoms with Crippen LogP contribution in [0.2, 0.25) is 0 Å². The molecule has 0 atom stereocenters. The summed E-state index contributed by atoms with van der Waals surface area (Å²) >= 11 is 0. The molecule has 0 unspecified atom stereocenters. The monoisotopic (exact) mass is 396 g/mol. The molecule has 0 fully saturated rings. The number of ether oxygens (including phenoxy) is 2. The van der Waals surface area contributed by atoms with Crippen molar-refractivity contribution in [2.24, 2.45) is 0 Å². The lowest BCUT2D eigenvalue weighted by Crippen LogP contribution is -2.31. The Morgan fingerprint density at radius 3 is 2.62 bits per heavy atom. The number of aromatic amines is 1. The van der Waals surface area contributed by atoms with Crippen molar-refractivity contribution in [1.29, 1.82) is 0 Å². The Balaban J connectivity index is 1.80. The second-order valence-electron chi connectivity index (χ2n) is 6.59. The van der Waals surface area contributed by atoms with Gasteiger partial charge in [-0.05, 0) is 48.7 Å². The van der Waals surface area contributed by atoms with E-state index in [9.17, 15) is 14.7 Å². The Labute approximate surface area is 168 Å². The van der Waals surface area contributed by atoms with Crippen LogP contribution in [0.3, 0.4) is 0 Å². The molecule has 0 spiro atoms. The van der Waals surface area contributed by atoms with Gasteiger partial charge in [0.2, 0.25) is 0 Å². The third-order valence-electron chi connectivity index (χ3n) is 4.49. The Bertz CT molecular complexity index is 1060. The average Bonchev–Trinajstić information content (AvgIpc) is 2.72. The molecule has 152 valence electrons. The summed E-state index contributed by atoms with van der Waals surface area (Å²) in [5, 5.41) is 12.8. The third kappa shape index (κ3) is 4.68. The number of phenols is 1. The molecule has 3 aromatic rings. The zero-order chi connectivity index (χ0) is 20.8. The van der Waals surface area contributed by atoms with Gasteiger partial charge in [-0.25, -0.2) is 0 Å². The number of carbonyl (C=O) groups is 1. The van der Waals surface area contributed by atoms with Crippen molar-refractivity contribution < 1.29 is 19.4 Å². The Hall–Kier alpha value is -3.48. The first kappa shape index (κ1) is 20.3. The van der Waals surface area contributed by atoms with Gasteiger partial charge < -0.3 is 24.9 Å². The van der Waals surface area contributed by atoms with Crippen molar-refractivity contribution in [1.82, 2.24) is 10.3 Å². The van der Waals surface area contributed by atoms with Crippen LogP contribution >= 0.6 is 0 Å². The Morgan fingerprint density at radius 2 is 1.93 bits per heavy atom. The second kappa shape index (κ2) is 9.14. The summed E-state index contributed by atoms with van der Waals surface area (Å²) in [6.07, 6.45) is 1.40. The molecule has 0 aliphatic heterocycles. The molecule has 0 bridgehead atoms. The maximum Gasteiger partial charge on any atom is 0.261 e. The van der Waals surface area contributed by atoms with Gasteiger partial charge in [0.1, 0.15) is 11.3 Å². The molecule has 1 heterocycles. The number of amides is 1. The minimum absolute atomic E-state index is 0.0369. The lowest BCUT2D eigenvalue weighted by atomic mass is 10.1. The van der Waals surface area contributed by atoms with Gasteiger partial charge in [-0.1, -0.05) is 19.1 Å². The number of fused-ring (bicyclic) bond motifs is 1. The first-order chi connectivity index (χ1) is 14.0. The van der Waals surface area contributed by atoms with Crippen molar-refractivity contribution >= 4 is 16.8 Å². The maximum atomic E-state index is 12.5. The van der Waals surface area contributed by atoms with Crippen LogP contribution in [0.4, 0.5) is 0 Å². The van der Waals surface area contributed by atoms with Crippen molar-refractivity contribution in [2.75, 3.05) is 20.3 Å². The summed E-state index contributed by atoms with van der Waals surface area (Å²) in [5.41, 5.74) is 1.02. The van der Waals surface area contributed by atoms with E-state index in [-0.39, 0.29) is 11.3 Å². The smallest absolute Gasteiger partial charge is 0.261 e. The molecule has 2 aromatic carbocycles. The fourth-order valence-corrected chi connectivity index (χ4v) is 2.98. The molecule has 1 aromatic heterocycles. The van der Waals surface area contributed by atoms with Crippen LogP contribution in [0.1, 0.15) is 29.3 Å². The number of pyridine rings is 1.